The lowest BCUT2D eigenvalue weighted by Crippen LogP contribution is -2.36. The summed E-state index contributed by atoms with van der Waals surface area (Å²) in [4.78, 5) is 26.7. The van der Waals surface area contributed by atoms with E-state index in [0.717, 1.165) is 11.3 Å². The molecule has 6 nitrogen and oxygen atoms in total. The minimum Gasteiger partial charge on any atom is -0.487 e. The Morgan fingerprint density at radius 1 is 1.00 bits per heavy atom. The van der Waals surface area contributed by atoms with Crippen molar-refractivity contribution in [1.29, 1.82) is 0 Å². The van der Waals surface area contributed by atoms with Crippen LogP contribution in [0.15, 0.2) is 72.8 Å². The lowest BCUT2D eigenvalue weighted by molar-refractivity contribution is -0.125. The highest BCUT2D eigenvalue weighted by atomic mass is 35.5. The second kappa shape index (κ2) is 9.94. The van der Waals surface area contributed by atoms with Gasteiger partial charge in [-0.3, -0.25) is 20.4 Å². The van der Waals surface area contributed by atoms with Crippen molar-refractivity contribution >= 4 is 46.4 Å². The van der Waals surface area contributed by atoms with Crippen molar-refractivity contribution in [3.05, 3.63) is 88.4 Å². The normalized spacial score (nSPS) is 15.5. The second-order valence-corrected chi connectivity index (χ2v) is 8.20. The Morgan fingerprint density at radius 2 is 1.75 bits per heavy atom. The number of anilines is 2. The van der Waals surface area contributed by atoms with Crippen LogP contribution in [-0.2, 0) is 16.2 Å². The predicted octanol–water partition coefficient (Wildman–Crippen LogP) is 5.07. The summed E-state index contributed by atoms with van der Waals surface area (Å²) in [6.07, 6.45) is 0.165. The van der Waals surface area contributed by atoms with Gasteiger partial charge in [0.15, 0.2) is 0 Å². The van der Waals surface area contributed by atoms with Gasteiger partial charge < -0.3 is 9.64 Å². The van der Waals surface area contributed by atoms with Crippen LogP contribution in [0.5, 0.6) is 5.75 Å². The molecule has 3 aromatic rings. The van der Waals surface area contributed by atoms with Gasteiger partial charge in [-0.05, 0) is 42.0 Å². The fraction of sp³-hybridized carbons (Fsp3) is 0.167. The molecule has 1 atom stereocenters. The van der Waals surface area contributed by atoms with Crippen molar-refractivity contribution in [2.45, 2.75) is 13.0 Å². The summed E-state index contributed by atoms with van der Waals surface area (Å²) < 4.78 is 5.89. The van der Waals surface area contributed by atoms with Crippen LogP contribution in [0.25, 0.3) is 0 Å². The van der Waals surface area contributed by atoms with E-state index in [1.54, 1.807) is 29.2 Å². The fourth-order valence-corrected chi connectivity index (χ4v) is 3.78. The molecule has 1 fully saturated rings. The number of nitrogens with zero attached hydrogens (tertiary/aromatic N) is 1. The Hall–Kier alpha value is -3.22. The van der Waals surface area contributed by atoms with Crippen LogP contribution < -0.4 is 20.5 Å². The van der Waals surface area contributed by atoms with Crippen molar-refractivity contribution in [2.75, 3.05) is 16.9 Å². The number of hydrogen-bond donors (Lipinski definition) is 2. The molecule has 164 valence electrons. The van der Waals surface area contributed by atoms with Gasteiger partial charge >= 0.3 is 0 Å². The summed E-state index contributed by atoms with van der Waals surface area (Å²) in [6, 6.07) is 21.9. The third-order valence-corrected chi connectivity index (χ3v) is 5.89. The first-order valence-corrected chi connectivity index (χ1v) is 10.8. The van der Waals surface area contributed by atoms with Gasteiger partial charge in [0, 0.05) is 18.7 Å². The molecule has 1 heterocycles. The molecule has 0 bridgehead atoms. The van der Waals surface area contributed by atoms with Crippen molar-refractivity contribution in [3.63, 3.8) is 0 Å². The number of para-hydroxylation sites is 3. The number of carbonyl (C=O) groups excluding carboxylic acids is 2. The van der Waals surface area contributed by atoms with Crippen LogP contribution in [0.1, 0.15) is 12.0 Å². The molecule has 0 radical (unpaired) electrons. The summed E-state index contributed by atoms with van der Waals surface area (Å²) >= 11 is 12.0. The minimum absolute atomic E-state index is 0.0679. The van der Waals surface area contributed by atoms with Crippen molar-refractivity contribution in [2.24, 2.45) is 5.92 Å². The van der Waals surface area contributed by atoms with Gasteiger partial charge in [0.05, 0.1) is 21.7 Å². The highest BCUT2D eigenvalue weighted by molar-refractivity contribution is 6.42. The van der Waals surface area contributed by atoms with Gasteiger partial charge in [-0.2, -0.15) is 0 Å². The molecule has 1 aliphatic rings. The number of ether oxygens (including phenoxy) is 1. The Labute approximate surface area is 196 Å². The van der Waals surface area contributed by atoms with Crippen LogP contribution in [0.2, 0.25) is 10.0 Å². The van der Waals surface area contributed by atoms with Crippen molar-refractivity contribution < 1.29 is 14.3 Å². The van der Waals surface area contributed by atoms with E-state index in [4.69, 9.17) is 27.9 Å². The number of hydrazine groups is 1. The average molecular weight is 470 g/mol. The number of rotatable bonds is 7. The van der Waals surface area contributed by atoms with E-state index in [-0.39, 0.29) is 24.8 Å². The maximum atomic E-state index is 12.7. The number of nitrogens with one attached hydrogen (secondary N) is 2. The van der Waals surface area contributed by atoms with Gasteiger partial charge in [0.25, 0.3) is 0 Å². The van der Waals surface area contributed by atoms with Crippen molar-refractivity contribution in [3.8, 4) is 5.75 Å². The molecule has 0 saturated carbocycles. The summed E-state index contributed by atoms with van der Waals surface area (Å²) in [5, 5.41) is 0.943. The largest absolute Gasteiger partial charge is 0.487 e. The molecule has 8 heteroatoms. The van der Waals surface area contributed by atoms with Crippen LogP contribution >= 0.6 is 23.2 Å². The van der Waals surface area contributed by atoms with E-state index in [1.165, 1.54) is 0 Å². The number of carbonyl (C=O) groups is 2. The highest BCUT2D eigenvalue weighted by Crippen LogP contribution is 2.28. The maximum absolute atomic E-state index is 12.7. The van der Waals surface area contributed by atoms with E-state index in [2.05, 4.69) is 10.9 Å². The molecule has 0 unspecified atom stereocenters. The zero-order valence-corrected chi connectivity index (χ0v) is 18.6. The molecule has 0 aromatic heterocycles. The first kappa shape index (κ1) is 22.0. The van der Waals surface area contributed by atoms with Crippen molar-refractivity contribution in [1.82, 2.24) is 5.43 Å². The molecule has 0 spiro atoms. The SMILES string of the molecule is O=C(NNc1ccccc1OCc1ccc(Cl)c(Cl)c1)[C@H]1CC(=O)N(c2ccccc2)C1. The van der Waals surface area contributed by atoms with Gasteiger partial charge in [-0.25, -0.2) is 0 Å². The highest BCUT2D eigenvalue weighted by Gasteiger charge is 2.35. The molecule has 1 aliphatic heterocycles. The van der Waals surface area contributed by atoms with E-state index in [9.17, 15) is 9.59 Å². The summed E-state index contributed by atoms with van der Waals surface area (Å²) in [7, 11) is 0. The molecule has 2 amide bonds. The lowest BCUT2D eigenvalue weighted by Gasteiger charge is -2.17. The third-order valence-electron chi connectivity index (χ3n) is 5.15. The molecular weight excluding hydrogens is 449 g/mol. The second-order valence-electron chi connectivity index (χ2n) is 7.39. The van der Waals surface area contributed by atoms with Gasteiger partial charge in [0.2, 0.25) is 11.8 Å². The van der Waals surface area contributed by atoms with E-state index in [0.29, 0.717) is 28.0 Å². The first-order chi connectivity index (χ1) is 15.5. The smallest absolute Gasteiger partial charge is 0.243 e. The average Bonchev–Trinajstić information content (AvgIpc) is 3.21. The minimum atomic E-state index is -0.445. The van der Waals surface area contributed by atoms with Crippen LogP contribution in [0.4, 0.5) is 11.4 Å². The maximum Gasteiger partial charge on any atom is 0.243 e. The van der Waals surface area contributed by atoms with Gasteiger partial charge in [0.1, 0.15) is 12.4 Å². The molecule has 32 heavy (non-hydrogen) atoms. The monoisotopic (exact) mass is 469 g/mol. The summed E-state index contributed by atoms with van der Waals surface area (Å²) in [5.41, 5.74) is 7.88. The molecule has 0 aliphatic carbocycles. The van der Waals surface area contributed by atoms with E-state index in [1.807, 2.05) is 48.5 Å². The van der Waals surface area contributed by atoms with Gasteiger partial charge in [-0.1, -0.05) is 59.6 Å². The lowest BCUT2D eigenvalue weighted by atomic mass is 10.1. The van der Waals surface area contributed by atoms with Crippen LogP contribution in [0, 0.1) is 5.92 Å². The zero-order chi connectivity index (χ0) is 22.5. The standard InChI is InChI=1S/C24H21Cl2N3O3/c25-19-11-10-16(12-20(19)26)15-32-22-9-5-4-8-21(22)27-28-24(31)17-13-23(30)29(14-17)18-6-2-1-3-7-18/h1-12,17,27H,13-15H2,(H,28,31)/t17-/m0/s1. The molecule has 3 aromatic carbocycles. The number of benzene rings is 3. The molecule has 1 saturated heterocycles. The molecule has 2 N–H and O–H groups in total. The molecular formula is C24H21Cl2N3O3. The Bertz CT molecular complexity index is 1120. The van der Waals surface area contributed by atoms with Crippen LogP contribution in [0.3, 0.4) is 0 Å². The number of halogens is 2. The third kappa shape index (κ3) is 5.15. The zero-order valence-electron chi connectivity index (χ0n) is 17.1. The summed E-state index contributed by atoms with van der Waals surface area (Å²) in [5.74, 6) is -0.204. The van der Waals surface area contributed by atoms with Gasteiger partial charge in [-0.15, -0.1) is 0 Å². The summed E-state index contributed by atoms with van der Waals surface area (Å²) in [6.45, 7) is 0.624. The van der Waals surface area contributed by atoms with E-state index >= 15 is 0 Å². The first-order valence-electron chi connectivity index (χ1n) is 10.1. The fourth-order valence-electron chi connectivity index (χ4n) is 3.46. The van der Waals surface area contributed by atoms with E-state index < -0.39 is 5.92 Å². The van der Waals surface area contributed by atoms with Crippen LogP contribution in [-0.4, -0.2) is 18.4 Å². The number of amides is 2. The Kier molecular flexibility index (Phi) is 6.83. The Balaban J connectivity index is 1.35. The molecule has 4 rings (SSSR count). The number of hydrogen-bond acceptors (Lipinski definition) is 4. The predicted molar refractivity (Wildman–Crippen MR) is 126 cm³/mol. The topological polar surface area (TPSA) is 70.7 Å². The Morgan fingerprint density at radius 3 is 2.53 bits per heavy atom. The quantitative estimate of drug-likeness (QED) is 0.474.